The molecule has 1 aliphatic rings. The summed E-state index contributed by atoms with van der Waals surface area (Å²) in [4.78, 5) is 22.2. The topological polar surface area (TPSA) is 73.1 Å². The number of piperazine rings is 1. The van der Waals surface area contributed by atoms with Crippen molar-refractivity contribution in [2.75, 3.05) is 31.5 Å². The second-order valence-corrected chi connectivity index (χ2v) is 9.81. The normalized spacial score (nSPS) is 15.5. The highest BCUT2D eigenvalue weighted by atomic mass is 19.4. The zero-order valence-corrected chi connectivity index (χ0v) is 21.1. The Bertz CT molecular complexity index is 1410. The highest BCUT2D eigenvalue weighted by Crippen LogP contribution is 2.35. The number of alkyl halides is 3. The van der Waals surface area contributed by atoms with Gasteiger partial charge in [-0.3, -0.25) is 9.69 Å². The Balaban J connectivity index is 1.23. The second-order valence-electron chi connectivity index (χ2n) is 9.81. The fraction of sp³-hybridized carbons (Fsp3) is 0.310. The van der Waals surface area contributed by atoms with Crippen molar-refractivity contribution in [3.05, 3.63) is 83.7 Å². The molecule has 0 saturated carbocycles. The lowest BCUT2D eigenvalue weighted by atomic mass is 9.95. The summed E-state index contributed by atoms with van der Waals surface area (Å²) in [6.07, 6.45) is -0.682. The summed E-state index contributed by atoms with van der Waals surface area (Å²) in [6, 6.07) is 16.0. The zero-order chi connectivity index (χ0) is 26.7. The summed E-state index contributed by atoms with van der Waals surface area (Å²) in [5.41, 5.74) is 3.49. The van der Waals surface area contributed by atoms with Gasteiger partial charge in [0.1, 0.15) is 5.65 Å². The van der Waals surface area contributed by atoms with Crippen LogP contribution in [0, 0.1) is 0 Å². The van der Waals surface area contributed by atoms with Crippen LogP contribution in [0.1, 0.15) is 36.0 Å². The third-order valence-corrected chi connectivity index (χ3v) is 7.01. The molecule has 2 aromatic carbocycles. The van der Waals surface area contributed by atoms with Crippen molar-refractivity contribution in [1.29, 1.82) is 0 Å². The number of hydrogen-bond acceptors (Lipinski definition) is 4. The smallest absolute Gasteiger partial charge is 0.346 e. The molecule has 2 aromatic heterocycles. The number of amides is 1. The van der Waals surface area contributed by atoms with Gasteiger partial charge in [0.2, 0.25) is 5.91 Å². The first-order valence-corrected chi connectivity index (χ1v) is 12.7. The lowest BCUT2D eigenvalue weighted by molar-refractivity contribution is -0.138. The Morgan fingerprint density at radius 1 is 1.05 bits per heavy atom. The molecule has 0 radical (unpaired) electrons. The molecule has 1 saturated heterocycles. The summed E-state index contributed by atoms with van der Waals surface area (Å²) in [6.45, 7) is 5.09. The summed E-state index contributed by atoms with van der Waals surface area (Å²) in [5.74, 6) is -0.435. The molecule has 1 fully saturated rings. The first-order valence-electron chi connectivity index (χ1n) is 12.7. The monoisotopic (exact) mass is 521 g/mol. The summed E-state index contributed by atoms with van der Waals surface area (Å²) in [7, 11) is 0. The van der Waals surface area contributed by atoms with Crippen molar-refractivity contribution in [2.45, 2.75) is 32.0 Å². The summed E-state index contributed by atoms with van der Waals surface area (Å²) >= 11 is 0. The minimum Gasteiger partial charge on any atom is -0.346 e. The average molecular weight is 522 g/mol. The third kappa shape index (κ3) is 6.06. The Morgan fingerprint density at radius 3 is 2.55 bits per heavy atom. The van der Waals surface area contributed by atoms with Gasteiger partial charge in [-0.2, -0.15) is 13.2 Å². The number of carbonyl (C=O) groups is 1. The standard InChI is InChI=1S/C29H30F3N5O/c1-19(20-2-4-21(5-3-20)24-15-22-8-9-34-28(22)35-17-24)14-27(38)36-25-7-6-23(26(16-25)29(30,31)32)18-37-12-10-33-11-13-37/h2-9,15-17,19,33H,10-14,18H2,1H3,(H,34,35)(H,36,38). The van der Waals surface area contributed by atoms with Gasteiger partial charge in [0.25, 0.3) is 0 Å². The minimum absolute atomic E-state index is 0.108. The maximum absolute atomic E-state index is 13.8. The van der Waals surface area contributed by atoms with E-state index in [2.05, 4.69) is 26.7 Å². The van der Waals surface area contributed by atoms with Crippen LogP contribution >= 0.6 is 0 Å². The Hall–Kier alpha value is -3.69. The molecule has 9 heteroatoms. The van der Waals surface area contributed by atoms with E-state index in [1.165, 1.54) is 6.07 Å². The number of carbonyl (C=O) groups excluding carboxylic acids is 1. The Labute approximate surface area is 219 Å². The number of aromatic amines is 1. The van der Waals surface area contributed by atoms with Crippen LogP contribution in [0.25, 0.3) is 22.2 Å². The van der Waals surface area contributed by atoms with Crippen LogP contribution in [0.15, 0.2) is 67.0 Å². The summed E-state index contributed by atoms with van der Waals surface area (Å²) in [5, 5.41) is 6.90. The molecule has 1 amide bonds. The van der Waals surface area contributed by atoms with E-state index in [1.54, 1.807) is 6.07 Å². The molecule has 3 heterocycles. The molecule has 0 spiro atoms. The van der Waals surface area contributed by atoms with Crippen molar-refractivity contribution in [3.63, 3.8) is 0 Å². The van der Waals surface area contributed by atoms with Crippen molar-refractivity contribution in [3.8, 4) is 11.1 Å². The molecular formula is C29H30F3N5O. The van der Waals surface area contributed by atoms with Gasteiger partial charge >= 0.3 is 6.18 Å². The van der Waals surface area contributed by atoms with E-state index in [1.807, 2.05) is 54.5 Å². The van der Waals surface area contributed by atoms with Gasteiger partial charge < -0.3 is 15.6 Å². The van der Waals surface area contributed by atoms with Crippen LogP contribution in [-0.2, 0) is 17.5 Å². The highest BCUT2D eigenvalue weighted by molar-refractivity contribution is 5.91. The molecular weight excluding hydrogens is 491 g/mol. The van der Waals surface area contributed by atoms with Crippen molar-refractivity contribution < 1.29 is 18.0 Å². The number of rotatable bonds is 7. The van der Waals surface area contributed by atoms with Crippen LogP contribution in [-0.4, -0.2) is 47.0 Å². The van der Waals surface area contributed by atoms with Crippen LogP contribution in [0.5, 0.6) is 0 Å². The van der Waals surface area contributed by atoms with E-state index in [4.69, 9.17) is 0 Å². The van der Waals surface area contributed by atoms with Crippen molar-refractivity contribution in [2.24, 2.45) is 0 Å². The highest BCUT2D eigenvalue weighted by Gasteiger charge is 2.34. The maximum Gasteiger partial charge on any atom is 0.416 e. The largest absolute Gasteiger partial charge is 0.416 e. The fourth-order valence-corrected chi connectivity index (χ4v) is 4.88. The zero-order valence-electron chi connectivity index (χ0n) is 21.1. The second kappa shape index (κ2) is 11.0. The number of halogens is 3. The van der Waals surface area contributed by atoms with Gasteiger partial charge in [0, 0.05) is 68.2 Å². The molecule has 0 aliphatic carbocycles. The van der Waals surface area contributed by atoms with E-state index in [9.17, 15) is 18.0 Å². The predicted octanol–water partition coefficient (Wildman–Crippen LogP) is 5.79. The molecule has 38 heavy (non-hydrogen) atoms. The van der Waals surface area contributed by atoms with Gasteiger partial charge in [-0.05, 0) is 46.9 Å². The van der Waals surface area contributed by atoms with Gasteiger partial charge in [-0.15, -0.1) is 0 Å². The molecule has 5 rings (SSSR count). The van der Waals surface area contributed by atoms with Crippen molar-refractivity contribution >= 4 is 22.6 Å². The Morgan fingerprint density at radius 2 is 1.82 bits per heavy atom. The Kier molecular flexibility index (Phi) is 7.49. The van der Waals surface area contributed by atoms with Crippen LogP contribution in [0.4, 0.5) is 18.9 Å². The van der Waals surface area contributed by atoms with E-state index >= 15 is 0 Å². The molecule has 198 valence electrons. The fourth-order valence-electron chi connectivity index (χ4n) is 4.88. The number of aromatic nitrogens is 2. The lowest BCUT2D eigenvalue weighted by Gasteiger charge is -2.28. The molecule has 3 N–H and O–H groups in total. The van der Waals surface area contributed by atoms with Gasteiger partial charge in [-0.1, -0.05) is 37.3 Å². The summed E-state index contributed by atoms with van der Waals surface area (Å²) < 4.78 is 41.5. The van der Waals surface area contributed by atoms with Crippen LogP contribution in [0.2, 0.25) is 0 Å². The van der Waals surface area contributed by atoms with E-state index in [0.29, 0.717) is 13.1 Å². The number of fused-ring (bicyclic) bond motifs is 1. The number of nitrogens with zero attached hydrogens (tertiary/aromatic N) is 2. The van der Waals surface area contributed by atoms with E-state index in [-0.39, 0.29) is 36.0 Å². The quantitative estimate of drug-likeness (QED) is 0.288. The number of H-pyrrole nitrogens is 1. The molecule has 1 unspecified atom stereocenters. The maximum atomic E-state index is 13.8. The van der Waals surface area contributed by atoms with Crippen molar-refractivity contribution in [1.82, 2.24) is 20.2 Å². The van der Waals surface area contributed by atoms with E-state index < -0.39 is 11.7 Å². The van der Waals surface area contributed by atoms with E-state index in [0.717, 1.165) is 46.9 Å². The van der Waals surface area contributed by atoms with Gasteiger partial charge in [0.15, 0.2) is 0 Å². The van der Waals surface area contributed by atoms with Crippen LogP contribution < -0.4 is 10.6 Å². The number of benzene rings is 2. The SMILES string of the molecule is CC(CC(=O)Nc1ccc(CN2CCNCC2)c(C(F)(F)F)c1)c1ccc(-c2cnc3[nH]ccc3c2)cc1. The molecule has 4 aromatic rings. The average Bonchev–Trinajstić information content (AvgIpc) is 3.38. The van der Waals surface area contributed by atoms with Gasteiger partial charge in [-0.25, -0.2) is 4.98 Å². The molecule has 6 nitrogen and oxygen atoms in total. The molecule has 0 bridgehead atoms. The molecule has 1 atom stereocenters. The lowest BCUT2D eigenvalue weighted by Crippen LogP contribution is -2.43. The first-order chi connectivity index (χ1) is 18.3. The third-order valence-electron chi connectivity index (χ3n) is 7.01. The number of nitrogens with one attached hydrogen (secondary N) is 3. The molecule has 1 aliphatic heterocycles. The first kappa shape index (κ1) is 25.9. The number of pyridine rings is 1. The van der Waals surface area contributed by atoms with Crippen LogP contribution in [0.3, 0.4) is 0 Å². The number of hydrogen-bond donors (Lipinski definition) is 3. The minimum atomic E-state index is -4.50. The number of anilines is 1. The predicted molar refractivity (Wildman–Crippen MR) is 143 cm³/mol. The van der Waals surface area contributed by atoms with Gasteiger partial charge in [0.05, 0.1) is 5.56 Å².